The van der Waals surface area contributed by atoms with Crippen LogP contribution in [0.1, 0.15) is 22.8 Å². The molecule has 5 nitrogen and oxygen atoms in total. The van der Waals surface area contributed by atoms with E-state index >= 15 is 0 Å². The topological polar surface area (TPSA) is 62.4 Å². The third-order valence-corrected chi connectivity index (χ3v) is 6.36. The molecule has 2 heterocycles. The summed E-state index contributed by atoms with van der Waals surface area (Å²) in [6.45, 7) is 0. The first kappa shape index (κ1) is 20.3. The van der Waals surface area contributed by atoms with Crippen LogP contribution in [0.15, 0.2) is 89.5 Å². The maximum Gasteiger partial charge on any atom is 0.268 e. The van der Waals surface area contributed by atoms with Gasteiger partial charge in [0.25, 0.3) is 11.8 Å². The molecule has 3 aromatic carbocycles. The van der Waals surface area contributed by atoms with Crippen molar-refractivity contribution in [3.63, 3.8) is 0 Å². The number of H-pyrrole nitrogens is 1. The molecule has 0 bridgehead atoms. The molecule has 1 N–H and O–H groups in total. The molecule has 0 aliphatic carbocycles. The number of carbonyl (C=O) groups is 2. The molecule has 5 rings (SSSR count). The van der Waals surface area contributed by atoms with Crippen molar-refractivity contribution in [2.75, 3.05) is 7.05 Å². The van der Waals surface area contributed by atoms with Gasteiger partial charge in [0.05, 0.1) is 15.6 Å². The number of carbonyl (C=O) groups excluding carboxylic acids is 2. The number of rotatable bonds is 5. The number of hydrogen-bond donors (Lipinski definition) is 1. The summed E-state index contributed by atoms with van der Waals surface area (Å²) in [4.78, 5) is 29.3. The van der Waals surface area contributed by atoms with Gasteiger partial charge in [-0.15, -0.1) is 0 Å². The normalized spacial score (nSPS) is 14.2. The van der Waals surface area contributed by atoms with Crippen LogP contribution in [0, 0.1) is 0 Å². The maximum absolute atomic E-state index is 12.7. The third kappa shape index (κ3) is 3.33. The summed E-state index contributed by atoms with van der Waals surface area (Å²) < 4.78 is 6.82. The lowest BCUT2D eigenvalue weighted by molar-refractivity contribution is -0.134. The van der Waals surface area contributed by atoms with Crippen molar-refractivity contribution in [1.82, 2.24) is 9.88 Å². The number of benzene rings is 3. The fraction of sp³-hybridized carbons (Fsp3) is 0.0769. The molecule has 158 valence electrons. The molecular formula is C26H19BrN2O3. The second kappa shape index (κ2) is 8.13. The quantitative estimate of drug-likeness (QED) is 0.382. The molecule has 2 amide bonds. The minimum absolute atomic E-state index is 0.267. The molecule has 0 radical (unpaired) electrons. The van der Waals surface area contributed by atoms with E-state index in [1.807, 2.05) is 78.9 Å². The van der Waals surface area contributed by atoms with Crippen molar-refractivity contribution in [1.29, 1.82) is 0 Å². The highest BCUT2D eigenvalue weighted by Gasteiger charge is 2.36. The summed E-state index contributed by atoms with van der Waals surface area (Å²) in [6, 6.07) is 25.8. The number of hydrogen-bond acceptors (Lipinski definition) is 3. The van der Waals surface area contributed by atoms with Gasteiger partial charge in [-0.05, 0) is 33.1 Å². The van der Waals surface area contributed by atoms with E-state index in [0.717, 1.165) is 26.9 Å². The van der Waals surface area contributed by atoms with E-state index < -0.39 is 0 Å². The number of likely N-dealkylation sites (N-methyl/N-ethyl adjacent to an activating group) is 1. The standard InChI is InChI=1S/C26H19BrN2O3/c1-29-25(30)21(22(27)26(29)31)19-15-28-23-18(19)13-8-14-20(23)32-24(16-9-4-2-5-10-16)17-11-6-3-7-12-17/h2-15,24,28H,1H3. The van der Waals surface area contributed by atoms with Crippen molar-refractivity contribution >= 4 is 44.2 Å². The fourth-order valence-corrected chi connectivity index (χ4v) is 4.63. The average molecular weight is 487 g/mol. The number of para-hydroxylation sites is 1. The predicted octanol–water partition coefficient (Wildman–Crippen LogP) is 5.44. The second-order valence-corrected chi connectivity index (χ2v) is 8.35. The van der Waals surface area contributed by atoms with E-state index in [0.29, 0.717) is 16.9 Å². The monoisotopic (exact) mass is 486 g/mol. The first-order valence-electron chi connectivity index (χ1n) is 10.2. The van der Waals surface area contributed by atoms with E-state index in [4.69, 9.17) is 4.74 Å². The van der Waals surface area contributed by atoms with Gasteiger partial charge in [0.2, 0.25) is 0 Å². The van der Waals surface area contributed by atoms with Crippen LogP contribution >= 0.6 is 15.9 Å². The van der Waals surface area contributed by atoms with Gasteiger partial charge in [-0.3, -0.25) is 14.5 Å². The Bertz CT molecular complexity index is 1320. The van der Waals surface area contributed by atoms with Crippen LogP contribution in [-0.4, -0.2) is 28.7 Å². The number of halogens is 1. The molecule has 0 saturated heterocycles. The van der Waals surface area contributed by atoms with Crippen molar-refractivity contribution in [3.8, 4) is 5.75 Å². The molecular weight excluding hydrogens is 468 g/mol. The Hall–Kier alpha value is -3.64. The van der Waals surface area contributed by atoms with Gasteiger partial charge in [0.15, 0.2) is 0 Å². The van der Waals surface area contributed by atoms with Crippen LogP contribution in [0.3, 0.4) is 0 Å². The van der Waals surface area contributed by atoms with Crippen LogP contribution in [0.2, 0.25) is 0 Å². The van der Waals surface area contributed by atoms with Crippen LogP contribution in [0.4, 0.5) is 0 Å². The van der Waals surface area contributed by atoms with Gasteiger partial charge in [-0.2, -0.15) is 0 Å². The SMILES string of the molecule is CN1C(=O)C(Br)=C(c2c[nH]c3c(OC(c4ccccc4)c4ccccc4)cccc23)C1=O. The number of aromatic amines is 1. The molecule has 0 unspecified atom stereocenters. The van der Waals surface area contributed by atoms with Crippen molar-refractivity contribution < 1.29 is 14.3 Å². The molecule has 0 spiro atoms. The number of aromatic nitrogens is 1. The first-order valence-corrected chi connectivity index (χ1v) is 10.9. The predicted molar refractivity (Wildman–Crippen MR) is 127 cm³/mol. The number of nitrogens with one attached hydrogen (secondary N) is 1. The minimum atomic E-state index is -0.347. The van der Waals surface area contributed by atoms with Gasteiger partial charge in [0, 0.05) is 24.2 Å². The second-order valence-electron chi connectivity index (χ2n) is 7.56. The zero-order chi connectivity index (χ0) is 22.2. The lowest BCUT2D eigenvalue weighted by Crippen LogP contribution is -2.26. The third-order valence-electron chi connectivity index (χ3n) is 5.63. The van der Waals surface area contributed by atoms with E-state index in [1.165, 1.54) is 7.05 Å². The van der Waals surface area contributed by atoms with E-state index in [2.05, 4.69) is 20.9 Å². The molecule has 1 aromatic heterocycles. The smallest absolute Gasteiger partial charge is 0.268 e. The fourth-order valence-electron chi connectivity index (χ4n) is 3.98. The maximum atomic E-state index is 12.7. The Balaban J connectivity index is 1.60. The number of imide groups is 1. The molecule has 4 aromatic rings. The zero-order valence-corrected chi connectivity index (χ0v) is 18.8. The van der Waals surface area contributed by atoms with Crippen molar-refractivity contribution in [3.05, 3.63) is 106 Å². The number of amides is 2. The Morgan fingerprint density at radius 3 is 2.03 bits per heavy atom. The number of ether oxygens (including phenoxy) is 1. The summed E-state index contributed by atoms with van der Waals surface area (Å²) >= 11 is 3.30. The van der Waals surface area contributed by atoms with Gasteiger partial charge in [-0.1, -0.05) is 72.8 Å². The van der Waals surface area contributed by atoms with Crippen LogP contribution in [0.25, 0.3) is 16.5 Å². The van der Waals surface area contributed by atoms with E-state index in [-0.39, 0.29) is 22.4 Å². The molecule has 0 atom stereocenters. The summed E-state index contributed by atoms with van der Waals surface area (Å²) in [5, 5.41) is 0.811. The lowest BCUT2D eigenvalue weighted by atomic mass is 10.0. The minimum Gasteiger partial charge on any atom is -0.479 e. The molecule has 1 aliphatic heterocycles. The van der Waals surface area contributed by atoms with E-state index in [9.17, 15) is 9.59 Å². The van der Waals surface area contributed by atoms with Crippen LogP contribution < -0.4 is 4.74 Å². The molecule has 1 aliphatic rings. The summed E-state index contributed by atoms with van der Waals surface area (Å²) in [6.07, 6.45) is 1.44. The van der Waals surface area contributed by atoms with Gasteiger partial charge in [0.1, 0.15) is 11.9 Å². The number of nitrogens with zero attached hydrogens (tertiary/aromatic N) is 1. The lowest BCUT2D eigenvalue weighted by Gasteiger charge is -2.20. The summed E-state index contributed by atoms with van der Waals surface area (Å²) in [7, 11) is 1.48. The Morgan fingerprint density at radius 1 is 0.844 bits per heavy atom. The van der Waals surface area contributed by atoms with Gasteiger partial charge >= 0.3 is 0 Å². The molecule has 0 fully saturated rings. The largest absolute Gasteiger partial charge is 0.479 e. The Kier molecular flexibility index (Phi) is 5.15. The van der Waals surface area contributed by atoms with Crippen LogP contribution in [-0.2, 0) is 9.59 Å². The first-order chi connectivity index (χ1) is 15.6. The molecule has 0 saturated carbocycles. The Morgan fingerprint density at radius 2 is 1.47 bits per heavy atom. The van der Waals surface area contributed by atoms with Crippen molar-refractivity contribution in [2.45, 2.75) is 6.10 Å². The Labute approximate surface area is 193 Å². The highest BCUT2D eigenvalue weighted by molar-refractivity contribution is 9.12. The highest BCUT2D eigenvalue weighted by atomic mass is 79.9. The molecule has 6 heteroatoms. The molecule has 32 heavy (non-hydrogen) atoms. The number of fused-ring (bicyclic) bond motifs is 1. The summed E-state index contributed by atoms with van der Waals surface area (Å²) in [5.41, 5.74) is 3.85. The van der Waals surface area contributed by atoms with Gasteiger partial charge in [-0.25, -0.2) is 0 Å². The average Bonchev–Trinajstić information content (AvgIpc) is 3.34. The van der Waals surface area contributed by atoms with Crippen LogP contribution in [0.5, 0.6) is 5.75 Å². The van der Waals surface area contributed by atoms with Gasteiger partial charge < -0.3 is 9.72 Å². The van der Waals surface area contributed by atoms with Crippen molar-refractivity contribution in [2.24, 2.45) is 0 Å². The highest BCUT2D eigenvalue weighted by Crippen LogP contribution is 2.39. The summed E-state index contributed by atoms with van der Waals surface area (Å²) in [5.74, 6) is -0.0196. The zero-order valence-electron chi connectivity index (χ0n) is 17.2. The van der Waals surface area contributed by atoms with E-state index in [1.54, 1.807) is 6.20 Å².